The van der Waals surface area contributed by atoms with Crippen molar-refractivity contribution in [3.63, 3.8) is 0 Å². The number of carbonyl (C=O) groups excluding carboxylic acids is 3. The molecular formula is C117H202O16P2. The maximum absolute atomic E-state index is 13.2. The molecule has 0 amide bonds. The van der Waals surface area contributed by atoms with Crippen LogP contribution >= 0.6 is 15.6 Å². The minimum atomic E-state index is -4.95. The first-order valence-corrected chi connectivity index (χ1v) is 58.1. The highest BCUT2D eigenvalue weighted by atomic mass is 31.2. The van der Waals surface area contributed by atoms with Crippen molar-refractivity contribution in [3.05, 3.63) is 182 Å². The van der Waals surface area contributed by atoms with Crippen molar-refractivity contribution in [3.8, 4) is 0 Å². The van der Waals surface area contributed by atoms with Crippen LogP contribution < -0.4 is 0 Å². The van der Waals surface area contributed by atoms with Gasteiger partial charge in [0.15, 0.2) is 6.10 Å². The third-order valence-corrected chi connectivity index (χ3v) is 25.5. The molecular weight excluding hydrogens is 1720 g/mol. The normalized spacial score (nSPS) is 14.3. The molecule has 0 aliphatic rings. The van der Waals surface area contributed by atoms with E-state index < -0.39 is 91.5 Å². The maximum Gasteiger partial charge on any atom is 0.472 e. The second-order valence-corrected chi connectivity index (χ2v) is 39.6. The van der Waals surface area contributed by atoms with Gasteiger partial charge in [0.25, 0.3) is 0 Å². The molecule has 0 saturated carbocycles. The Bertz CT molecular complexity index is 3190. The summed E-state index contributed by atoms with van der Waals surface area (Å²) in [5.41, 5.74) is 0. The highest BCUT2D eigenvalue weighted by molar-refractivity contribution is 7.47. The number of aliphatic hydroxyl groups is 2. The third-order valence-electron chi connectivity index (χ3n) is 23.6. The van der Waals surface area contributed by atoms with Gasteiger partial charge in [-0.3, -0.25) is 32.5 Å². The van der Waals surface area contributed by atoms with Gasteiger partial charge in [0.1, 0.15) is 25.4 Å². The summed E-state index contributed by atoms with van der Waals surface area (Å²) >= 11 is 0. The van der Waals surface area contributed by atoms with Crippen LogP contribution in [0.1, 0.15) is 483 Å². The van der Waals surface area contributed by atoms with Crippen LogP contribution in [0.25, 0.3) is 0 Å². The fourth-order valence-electron chi connectivity index (χ4n) is 15.4. The van der Waals surface area contributed by atoms with Gasteiger partial charge >= 0.3 is 33.6 Å². The predicted octanol–water partition coefficient (Wildman–Crippen LogP) is 35.5. The maximum atomic E-state index is 13.2. The lowest BCUT2D eigenvalue weighted by Gasteiger charge is -2.21. The summed E-state index contributed by atoms with van der Waals surface area (Å²) in [6, 6.07) is 0. The van der Waals surface area contributed by atoms with Gasteiger partial charge in [0.05, 0.1) is 26.4 Å². The van der Waals surface area contributed by atoms with E-state index in [4.69, 9.17) is 32.3 Å². The van der Waals surface area contributed by atoms with E-state index in [1.165, 1.54) is 263 Å². The zero-order chi connectivity index (χ0) is 97.8. The number of rotatable bonds is 104. The molecule has 135 heavy (non-hydrogen) atoms. The van der Waals surface area contributed by atoms with Crippen LogP contribution in [0.15, 0.2) is 182 Å². The highest BCUT2D eigenvalue weighted by Crippen LogP contribution is 2.45. The fraction of sp³-hybridized carbons (Fsp3) is 0.718. The first-order chi connectivity index (χ1) is 66.2. The van der Waals surface area contributed by atoms with E-state index in [9.17, 15) is 43.5 Å². The van der Waals surface area contributed by atoms with Crippen molar-refractivity contribution in [2.45, 2.75) is 501 Å². The van der Waals surface area contributed by atoms with Gasteiger partial charge in [-0.15, -0.1) is 0 Å². The Morgan fingerprint density at radius 3 is 0.622 bits per heavy atom. The molecule has 0 saturated heterocycles. The Hall–Kier alpha value is -5.35. The lowest BCUT2D eigenvalue weighted by Crippen LogP contribution is -2.30. The first kappa shape index (κ1) is 130. The van der Waals surface area contributed by atoms with Crippen LogP contribution in [-0.2, 0) is 55.8 Å². The fourth-order valence-corrected chi connectivity index (χ4v) is 16.9. The summed E-state index contributed by atoms with van der Waals surface area (Å²) in [7, 11) is -9.82. The van der Waals surface area contributed by atoms with Crippen LogP contribution in [0.3, 0.4) is 0 Å². The molecule has 16 nitrogen and oxygen atoms in total. The van der Waals surface area contributed by atoms with Crippen molar-refractivity contribution in [1.29, 1.82) is 0 Å². The Morgan fingerprint density at radius 2 is 0.393 bits per heavy atom. The van der Waals surface area contributed by atoms with E-state index in [0.717, 1.165) is 161 Å². The van der Waals surface area contributed by atoms with Gasteiger partial charge in [-0.25, -0.2) is 9.13 Å². The van der Waals surface area contributed by atoms with E-state index in [1.54, 1.807) is 0 Å². The van der Waals surface area contributed by atoms with E-state index in [0.29, 0.717) is 19.3 Å². The number of esters is 3. The molecule has 0 fully saturated rings. The Balaban J connectivity index is 4.62. The minimum absolute atomic E-state index is 0.104. The molecule has 0 bridgehead atoms. The zero-order valence-electron chi connectivity index (χ0n) is 86.3. The van der Waals surface area contributed by atoms with Crippen molar-refractivity contribution in [2.24, 2.45) is 0 Å². The van der Waals surface area contributed by atoms with Gasteiger partial charge in [0, 0.05) is 19.3 Å². The molecule has 0 spiro atoms. The van der Waals surface area contributed by atoms with Crippen LogP contribution in [0, 0.1) is 0 Å². The molecule has 0 heterocycles. The zero-order valence-corrected chi connectivity index (χ0v) is 88.1. The van der Waals surface area contributed by atoms with Gasteiger partial charge in [0.2, 0.25) is 0 Å². The summed E-state index contributed by atoms with van der Waals surface area (Å²) in [4.78, 5) is 59.4. The molecule has 5 atom stereocenters. The van der Waals surface area contributed by atoms with E-state index in [2.05, 4.69) is 203 Å². The average molecular weight is 1930 g/mol. The second kappa shape index (κ2) is 107. The molecule has 5 unspecified atom stereocenters. The lowest BCUT2D eigenvalue weighted by atomic mass is 10.0. The summed E-state index contributed by atoms with van der Waals surface area (Å²) < 4.78 is 61.8. The number of unbranched alkanes of at least 4 members (excludes halogenated alkanes) is 51. The number of hydrogen-bond donors (Lipinski definition) is 4. The Kier molecular flexibility index (Phi) is 103. The third kappa shape index (κ3) is 109. The standard InChI is InChI=1S/C117H202O16P2/c1-4-7-10-13-16-19-22-25-28-31-34-37-40-43-46-49-52-55-58-61-64-67-70-73-76-79-82-85-88-91-94-97-100-103-115(120)127-106-112(118)107-129-134(123,124)130-108-113(119)109-131-135(125,126)132-111-114(133-117(122)105-102-99-96-93-90-87-84-81-78-75-72-69-66-63-60-57-54-51-48-45-42-39-36-33-30-27-24-21-18-15-12-9-6-3)110-128-116(121)104-101-98-95-92-89-86-83-80-77-74-71-68-65-62-59-56-53-50-47-44-41-38-35-32-29-26-23-20-17-14-11-8-5-2/h7-8,10-11,16-21,25-30,34-39,43-48,52,55,112-114,118-119H,4-6,9,12-15,22-24,31-33,40-42,49-51,53-54,56-111H2,1-3H3,(H,123,124)(H,125,126)/b10-7-,11-8-,19-16-,20-17-,21-18-,28-25-,29-26-,30-27-,37-34-,38-35-,39-36-,46-43-,47-44-,48-45-,55-52-. The van der Waals surface area contributed by atoms with Crippen molar-refractivity contribution >= 4 is 33.6 Å². The van der Waals surface area contributed by atoms with Crippen molar-refractivity contribution in [1.82, 2.24) is 0 Å². The minimum Gasteiger partial charge on any atom is -0.463 e. The number of allylic oxidation sites excluding steroid dienone is 30. The van der Waals surface area contributed by atoms with Gasteiger partial charge in [-0.1, -0.05) is 486 Å². The molecule has 0 aliphatic carbocycles. The molecule has 0 aromatic heterocycles. The molecule has 776 valence electrons. The number of aliphatic hydroxyl groups excluding tert-OH is 2. The van der Waals surface area contributed by atoms with E-state index in [1.807, 2.05) is 0 Å². The SMILES string of the molecule is CC/C=C\C/C=C\C/C=C\C/C=C\C/C=C\C/C=C\CCCCCCCCCCCCCCCCC(=O)OCC(O)COP(=O)(O)OCC(O)COP(=O)(O)OCC(COC(=O)CCCCCCCCCCCCCCCCCCC/C=C\C/C=C\C/C=C\C/C=C\C/C=C\CC)OC(=O)CCCCCCCCCCCCCCCCCCC/C=C\C/C=C\C/C=C\C/C=C\CCCCC. The second-order valence-electron chi connectivity index (χ2n) is 36.7. The Labute approximate surface area is 827 Å². The molecule has 0 radical (unpaired) electrons. The van der Waals surface area contributed by atoms with Crippen molar-refractivity contribution < 1.29 is 75.8 Å². The summed E-state index contributed by atoms with van der Waals surface area (Å²) in [6.07, 6.45) is 144. The number of ether oxygens (including phenoxy) is 3. The first-order valence-electron chi connectivity index (χ1n) is 55.1. The summed E-state index contributed by atoms with van der Waals surface area (Å²) in [5.74, 6) is -1.55. The molecule has 18 heteroatoms. The number of phosphoric acid groups is 2. The van der Waals surface area contributed by atoms with E-state index >= 15 is 0 Å². The molecule has 0 aromatic carbocycles. The van der Waals surface area contributed by atoms with Crippen LogP contribution in [0.5, 0.6) is 0 Å². The molecule has 4 N–H and O–H groups in total. The largest absolute Gasteiger partial charge is 0.472 e. The molecule has 0 rings (SSSR count). The average Bonchev–Trinajstić information content (AvgIpc) is 0.891. The van der Waals surface area contributed by atoms with Gasteiger partial charge in [-0.05, 0) is 161 Å². The van der Waals surface area contributed by atoms with E-state index in [-0.39, 0.29) is 19.3 Å². The Morgan fingerprint density at radius 1 is 0.215 bits per heavy atom. The number of carbonyl (C=O) groups is 3. The van der Waals surface area contributed by atoms with Crippen LogP contribution in [0.4, 0.5) is 0 Å². The van der Waals surface area contributed by atoms with Gasteiger partial charge in [-0.2, -0.15) is 0 Å². The van der Waals surface area contributed by atoms with Crippen LogP contribution in [0.2, 0.25) is 0 Å². The summed E-state index contributed by atoms with van der Waals surface area (Å²) in [6.45, 7) is 2.52. The lowest BCUT2D eigenvalue weighted by molar-refractivity contribution is -0.161. The quantitative estimate of drug-likeness (QED) is 0.0146. The summed E-state index contributed by atoms with van der Waals surface area (Å²) in [5, 5.41) is 20.8. The van der Waals surface area contributed by atoms with Crippen LogP contribution in [-0.4, -0.2) is 95.9 Å². The topological polar surface area (TPSA) is 231 Å². The van der Waals surface area contributed by atoms with Crippen molar-refractivity contribution in [2.75, 3.05) is 39.6 Å². The number of hydrogen-bond acceptors (Lipinski definition) is 14. The smallest absolute Gasteiger partial charge is 0.463 e. The number of phosphoric ester groups is 2. The highest BCUT2D eigenvalue weighted by Gasteiger charge is 2.30. The molecule has 0 aliphatic heterocycles. The molecule has 0 aromatic rings. The monoisotopic (exact) mass is 1930 g/mol. The predicted molar refractivity (Wildman–Crippen MR) is 574 cm³/mol. The van der Waals surface area contributed by atoms with Gasteiger partial charge < -0.3 is 34.2 Å².